The second-order valence-corrected chi connectivity index (χ2v) is 16.3. The number of rotatable bonds is 10. The summed E-state index contributed by atoms with van der Waals surface area (Å²) in [4.78, 5) is 13.7. The second kappa shape index (κ2) is 14.3. The van der Waals surface area contributed by atoms with Crippen molar-refractivity contribution in [1.82, 2.24) is 9.62 Å². The number of sulfonamides is 1. The summed E-state index contributed by atoms with van der Waals surface area (Å²) in [6, 6.07) is 19.8. The van der Waals surface area contributed by atoms with Crippen molar-refractivity contribution in [2.45, 2.75) is 49.0 Å². The van der Waals surface area contributed by atoms with Gasteiger partial charge >= 0.3 is 0 Å². The van der Waals surface area contributed by atoms with Gasteiger partial charge in [0.15, 0.2) is 0 Å². The highest BCUT2D eigenvalue weighted by Gasteiger charge is 2.34. The first-order valence-electron chi connectivity index (χ1n) is 14.9. The van der Waals surface area contributed by atoms with Crippen LogP contribution < -0.4 is 10.6 Å². The molecule has 0 aliphatic carbocycles. The molecule has 2 fully saturated rings. The van der Waals surface area contributed by atoms with Gasteiger partial charge in [0.05, 0.1) is 4.90 Å². The molecule has 0 bridgehead atoms. The van der Waals surface area contributed by atoms with E-state index in [-0.39, 0.29) is 41.5 Å². The van der Waals surface area contributed by atoms with Gasteiger partial charge in [-0.05, 0) is 79.5 Å². The second-order valence-electron chi connectivity index (χ2n) is 11.5. The van der Waals surface area contributed by atoms with Crippen LogP contribution in [0.2, 0.25) is 5.02 Å². The van der Waals surface area contributed by atoms with Crippen LogP contribution in [0.3, 0.4) is 0 Å². The van der Waals surface area contributed by atoms with Crippen molar-refractivity contribution >= 4 is 43.8 Å². The number of nitrogens with zero attached hydrogens (tertiary/aromatic N) is 1. The first-order chi connectivity index (χ1) is 21.0. The number of hydrogen-bond donors (Lipinski definition) is 4. The van der Waals surface area contributed by atoms with E-state index in [2.05, 4.69) is 10.6 Å². The Bertz CT molecular complexity index is 1530. The fourth-order valence-corrected chi connectivity index (χ4v) is 9.64. The average Bonchev–Trinajstić information content (AvgIpc) is 3.01. The standard InChI is InChI=1S/C32H39ClFN3O5S2/c33-25-11-9-23(10-12-25)29(24-15-19-43(39,40)20-16-24)21-32(38)36-31-8-4-7-30(34)28(31)14-13-26-22-35-17-18-37(26)44(41,42)27-5-2-1-3-6-27/h1-12,24,26,29,35,39-40H,13-22H2,(H,36,38)/t26-,29-/m0/s1. The number of halogens is 2. The molecule has 2 aliphatic rings. The zero-order valence-electron chi connectivity index (χ0n) is 24.4. The number of anilines is 1. The van der Waals surface area contributed by atoms with Crippen molar-refractivity contribution in [1.29, 1.82) is 0 Å². The summed E-state index contributed by atoms with van der Waals surface area (Å²) in [6.45, 7) is 1.28. The largest absolute Gasteiger partial charge is 0.326 e. The molecule has 0 radical (unpaired) electrons. The molecule has 0 unspecified atom stereocenters. The van der Waals surface area contributed by atoms with Gasteiger partial charge in [-0.25, -0.2) is 12.8 Å². The van der Waals surface area contributed by atoms with Crippen LogP contribution in [-0.2, 0) is 21.2 Å². The lowest BCUT2D eigenvalue weighted by Crippen LogP contribution is -2.53. The summed E-state index contributed by atoms with van der Waals surface area (Å²) < 4.78 is 63.9. The van der Waals surface area contributed by atoms with Gasteiger partial charge in [-0.1, -0.05) is 48.0 Å². The molecule has 0 aromatic heterocycles. The maximum atomic E-state index is 15.2. The predicted molar refractivity (Wildman–Crippen MR) is 174 cm³/mol. The third-order valence-electron chi connectivity index (χ3n) is 8.67. The van der Waals surface area contributed by atoms with Crippen molar-refractivity contribution in [3.05, 3.63) is 94.8 Å². The first kappa shape index (κ1) is 32.9. The van der Waals surface area contributed by atoms with Gasteiger partial charge in [0.2, 0.25) is 15.9 Å². The van der Waals surface area contributed by atoms with Gasteiger partial charge in [-0.3, -0.25) is 13.9 Å². The van der Waals surface area contributed by atoms with Crippen LogP contribution in [0.25, 0.3) is 0 Å². The molecule has 2 saturated heterocycles. The van der Waals surface area contributed by atoms with Crippen molar-refractivity contribution in [2.24, 2.45) is 5.92 Å². The SMILES string of the molecule is O=C(C[C@@H](c1ccc(Cl)cc1)C1CCS(O)(O)CC1)Nc1cccc(F)c1CC[C@H]1CNCCN1S(=O)(=O)c1ccccc1. The lowest BCUT2D eigenvalue weighted by atomic mass is 9.80. The number of piperazine rings is 1. The van der Waals surface area contributed by atoms with Gasteiger partial charge in [0.1, 0.15) is 5.82 Å². The summed E-state index contributed by atoms with van der Waals surface area (Å²) in [5.41, 5.74) is 1.64. The summed E-state index contributed by atoms with van der Waals surface area (Å²) in [5, 5.41) is 6.77. The Balaban J connectivity index is 1.30. The molecule has 0 saturated carbocycles. The molecule has 5 rings (SSSR count). The van der Waals surface area contributed by atoms with Gasteiger partial charge in [0, 0.05) is 59.9 Å². The Kier molecular flexibility index (Phi) is 10.7. The maximum absolute atomic E-state index is 15.2. The van der Waals surface area contributed by atoms with Gasteiger partial charge in [-0.15, -0.1) is 0 Å². The Morgan fingerprint density at radius 1 is 1.05 bits per heavy atom. The van der Waals surface area contributed by atoms with E-state index >= 15 is 4.39 Å². The quantitative estimate of drug-likeness (QED) is 0.201. The summed E-state index contributed by atoms with van der Waals surface area (Å²) in [7, 11) is -6.30. The summed E-state index contributed by atoms with van der Waals surface area (Å²) in [5.74, 6) is -0.220. The molecule has 4 N–H and O–H groups in total. The van der Waals surface area contributed by atoms with Crippen LogP contribution in [0, 0.1) is 11.7 Å². The minimum atomic E-state index is -3.72. The lowest BCUT2D eigenvalue weighted by molar-refractivity contribution is -0.116. The van der Waals surface area contributed by atoms with Crippen LogP contribution in [0.15, 0.2) is 77.7 Å². The highest BCUT2D eigenvalue weighted by molar-refractivity contribution is 8.24. The molecule has 238 valence electrons. The number of hydrogen-bond acceptors (Lipinski definition) is 6. The normalized spacial score (nSPS) is 21.0. The molecular weight excluding hydrogens is 625 g/mol. The predicted octanol–water partition coefficient (Wildman–Crippen LogP) is 6.35. The third kappa shape index (κ3) is 8.00. The van der Waals surface area contributed by atoms with Crippen molar-refractivity contribution in [3.63, 3.8) is 0 Å². The Labute approximate surface area is 265 Å². The Morgan fingerprint density at radius 2 is 1.75 bits per heavy atom. The maximum Gasteiger partial charge on any atom is 0.243 e. The van der Waals surface area contributed by atoms with Gasteiger partial charge < -0.3 is 10.6 Å². The van der Waals surface area contributed by atoms with Crippen LogP contribution in [0.4, 0.5) is 10.1 Å². The van der Waals surface area contributed by atoms with Crippen LogP contribution in [0.1, 0.15) is 42.7 Å². The lowest BCUT2D eigenvalue weighted by Gasteiger charge is -2.41. The number of amides is 1. The zero-order valence-corrected chi connectivity index (χ0v) is 26.8. The first-order valence-corrected chi connectivity index (χ1v) is 18.6. The number of benzene rings is 3. The highest BCUT2D eigenvalue weighted by atomic mass is 35.5. The van der Waals surface area contributed by atoms with E-state index in [1.165, 1.54) is 10.4 Å². The molecule has 3 aromatic carbocycles. The summed E-state index contributed by atoms with van der Waals surface area (Å²) >= 11 is 6.12. The molecule has 12 heteroatoms. The highest BCUT2D eigenvalue weighted by Crippen LogP contribution is 2.49. The van der Waals surface area contributed by atoms with E-state index in [0.29, 0.717) is 66.7 Å². The van der Waals surface area contributed by atoms with Crippen molar-refractivity contribution in [3.8, 4) is 0 Å². The topological polar surface area (TPSA) is 119 Å². The molecule has 0 spiro atoms. The molecule has 3 aromatic rings. The van der Waals surface area contributed by atoms with E-state index in [4.69, 9.17) is 11.6 Å². The zero-order chi connectivity index (χ0) is 31.3. The summed E-state index contributed by atoms with van der Waals surface area (Å²) in [6.07, 6.45) is 1.91. The van der Waals surface area contributed by atoms with Crippen LogP contribution in [-0.4, -0.2) is 64.9 Å². The van der Waals surface area contributed by atoms with Crippen molar-refractivity contribution in [2.75, 3.05) is 36.5 Å². The molecule has 2 atom stereocenters. The van der Waals surface area contributed by atoms with Gasteiger partial charge in [0.25, 0.3) is 0 Å². The molecule has 1 amide bonds. The van der Waals surface area contributed by atoms with E-state index in [1.807, 2.05) is 12.1 Å². The third-order valence-corrected chi connectivity index (χ3v) is 12.7. The van der Waals surface area contributed by atoms with E-state index < -0.39 is 26.4 Å². The van der Waals surface area contributed by atoms with Crippen LogP contribution in [0.5, 0.6) is 0 Å². The molecule has 2 heterocycles. The minimum Gasteiger partial charge on any atom is -0.326 e. The fourth-order valence-electron chi connectivity index (χ4n) is 6.27. The number of nitrogens with one attached hydrogen (secondary N) is 2. The van der Waals surface area contributed by atoms with Crippen LogP contribution >= 0.6 is 22.2 Å². The monoisotopic (exact) mass is 663 g/mol. The molecular formula is C32H39ClFN3O5S2. The molecule has 8 nitrogen and oxygen atoms in total. The fraction of sp³-hybridized carbons (Fsp3) is 0.406. The average molecular weight is 664 g/mol. The minimum absolute atomic E-state index is 0.0742. The smallest absolute Gasteiger partial charge is 0.243 e. The van der Waals surface area contributed by atoms with Crippen molar-refractivity contribution < 1.29 is 26.7 Å². The Morgan fingerprint density at radius 3 is 2.45 bits per heavy atom. The number of carbonyl (C=O) groups is 1. The van der Waals surface area contributed by atoms with E-state index in [0.717, 1.165) is 5.56 Å². The van der Waals surface area contributed by atoms with E-state index in [1.54, 1.807) is 54.6 Å². The van der Waals surface area contributed by atoms with E-state index in [9.17, 15) is 22.3 Å². The number of carbonyl (C=O) groups excluding carboxylic acids is 1. The molecule has 2 aliphatic heterocycles. The Hall–Kier alpha value is -2.51. The molecule has 44 heavy (non-hydrogen) atoms. The van der Waals surface area contributed by atoms with Gasteiger partial charge in [-0.2, -0.15) is 14.9 Å².